The minimum absolute atomic E-state index is 0.103. The van der Waals surface area contributed by atoms with Gasteiger partial charge in [0.1, 0.15) is 6.61 Å². The van der Waals surface area contributed by atoms with Crippen LogP contribution in [0.5, 0.6) is 0 Å². The van der Waals surface area contributed by atoms with Gasteiger partial charge in [-0.1, -0.05) is 12.2 Å². The molecule has 0 fully saturated rings. The van der Waals surface area contributed by atoms with Gasteiger partial charge in [0.25, 0.3) is 0 Å². The highest BCUT2D eigenvalue weighted by Gasteiger charge is 2.02. The Morgan fingerprint density at radius 2 is 1.68 bits per heavy atom. The number of carbonyl (C=O) groups is 1. The van der Waals surface area contributed by atoms with Crippen LogP contribution in [0.15, 0.2) is 48.8 Å². The summed E-state index contributed by atoms with van der Waals surface area (Å²) in [6, 6.07) is 7.11. The van der Waals surface area contributed by atoms with Crippen LogP contribution in [0.2, 0.25) is 0 Å². The molecule has 6 heteroatoms. The Morgan fingerprint density at radius 3 is 2.23 bits per heavy atom. The molecular formula is C16H14N2O4. The Kier molecular flexibility index (Phi) is 5.53. The summed E-state index contributed by atoms with van der Waals surface area (Å²) in [5.41, 5.74) is 2.91. The van der Waals surface area contributed by atoms with Crippen molar-refractivity contribution >= 4 is 18.1 Å². The molecule has 2 aromatic rings. The fraction of sp³-hybridized carbons (Fsp3) is 0.0625. The van der Waals surface area contributed by atoms with Gasteiger partial charge in [-0.25, -0.2) is 9.68 Å². The van der Waals surface area contributed by atoms with E-state index in [4.69, 9.17) is 10.4 Å². The van der Waals surface area contributed by atoms with Gasteiger partial charge in [0.15, 0.2) is 0 Å². The molecule has 0 aliphatic rings. The van der Waals surface area contributed by atoms with Crippen LogP contribution in [0.1, 0.15) is 11.1 Å². The summed E-state index contributed by atoms with van der Waals surface area (Å²) in [7, 11) is 0. The second kappa shape index (κ2) is 7.82. The van der Waals surface area contributed by atoms with E-state index in [2.05, 4.69) is 14.9 Å². The van der Waals surface area contributed by atoms with E-state index in [0.717, 1.165) is 17.2 Å². The zero-order chi connectivity index (χ0) is 15.8. The summed E-state index contributed by atoms with van der Waals surface area (Å²) < 4.78 is 0. The molecule has 0 atom stereocenters. The first-order chi connectivity index (χ1) is 10.7. The lowest BCUT2D eigenvalue weighted by Crippen LogP contribution is -1.90. The molecule has 2 heterocycles. The van der Waals surface area contributed by atoms with E-state index >= 15 is 0 Å². The number of carboxylic acids is 1. The summed E-state index contributed by atoms with van der Waals surface area (Å²) in [5, 5.41) is 16.9. The van der Waals surface area contributed by atoms with Crippen LogP contribution in [-0.2, 0) is 9.68 Å². The lowest BCUT2D eigenvalue weighted by Gasteiger charge is -2.02. The molecule has 0 unspecified atom stereocenters. The van der Waals surface area contributed by atoms with Crippen LogP contribution < -0.4 is 0 Å². The molecule has 112 valence electrons. The molecule has 0 amide bonds. The van der Waals surface area contributed by atoms with Crippen LogP contribution in [0.4, 0.5) is 0 Å². The molecule has 0 radical (unpaired) electrons. The molecule has 0 bridgehead atoms. The predicted octanol–water partition coefficient (Wildman–Crippen LogP) is 2.74. The summed E-state index contributed by atoms with van der Waals surface area (Å²) in [6.45, 7) is 0.103. The molecule has 0 aliphatic heterocycles. The number of carboxylic acid groups (broad SMARTS) is 1. The zero-order valence-electron chi connectivity index (χ0n) is 11.6. The van der Waals surface area contributed by atoms with Gasteiger partial charge < -0.3 is 5.11 Å². The summed E-state index contributed by atoms with van der Waals surface area (Å²) in [6.07, 6.45) is 9.27. The number of aromatic nitrogens is 2. The molecule has 2 N–H and O–H groups in total. The lowest BCUT2D eigenvalue weighted by molar-refractivity contribution is -0.231. The van der Waals surface area contributed by atoms with E-state index in [1.54, 1.807) is 36.7 Å². The Morgan fingerprint density at radius 1 is 1.09 bits per heavy atom. The van der Waals surface area contributed by atoms with Gasteiger partial charge in [-0.05, 0) is 41.5 Å². The minimum atomic E-state index is -1.00. The molecule has 0 aromatic carbocycles. The van der Waals surface area contributed by atoms with Crippen LogP contribution in [0.25, 0.3) is 23.5 Å². The van der Waals surface area contributed by atoms with Crippen molar-refractivity contribution in [3.8, 4) is 11.4 Å². The maximum Gasteiger partial charge on any atom is 0.328 e. The first-order valence-electron chi connectivity index (χ1n) is 6.45. The average Bonchev–Trinajstić information content (AvgIpc) is 2.54. The van der Waals surface area contributed by atoms with Gasteiger partial charge in [0, 0.05) is 18.5 Å². The second-order valence-electron chi connectivity index (χ2n) is 4.32. The molecule has 2 rings (SSSR count). The normalized spacial score (nSPS) is 11.3. The highest BCUT2D eigenvalue weighted by atomic mass is 17.1. The van der Waals surface area contributed by atoms with Crippen molar-refractivity contribution in [2.75, 3.05) is 6.61 Å². The van der Waals surface area contributed by atoms with Gasteiger partial charge in [-0.3, -0.25) is 15.2 Å². The van der Waals surface area contributed by atoms with Gasteiger partial charge in [0.2, 0.25) is 0 Å². The molecule has 22 heavy (non-hydrogen) atoms. The molecule has 0 saturated carbocycles. The maximum atomic E-state index is 10.5. The predicted molar refractivity (Wildman–Crippen MR) is 81.8 cm³/mol. The van der Waals surface area contributed by atoms with Gasteiger partial charge >= 0.3 is 5.97 Å². The maximum absolute atomic E-state index is 10.5. The van der Waals surface area contributed by atoms with Crippen molar-refractivity contribution in [2.45, 2.75) is 0 Å². The van der Waals surface area contributed by atoms with Crippen LogP contribution in [0, 0.1) is 0 Å². The van der Waals surface area contributed by atoms with E-state index in [1.807, 2.05) is 12.1 Å². The molecule has 0 aliphatic carbocycles. The number of hydrogen-bond acceptors (Lipinski definition) is 5. The fourth-order valence-electron chi connectivity index (χ4n) is 1.78. The summed E-state index contributed by atoms with van der Waals surface area (Å²) in [4.78, 5) is 23.0. The van der Waals surface area contributed by atoms with Crippen molar-refractivity contribution in [3.63, 3.8) is 0 Å². The van der Waals surface area contributed by atoms with Gasteiger partial charge in [0.05, 0.1) is 11.4 Å². The number of hydrogen-bond donors (Lipinski definition) is 2. The number of rotatable bonds is 6. The number of pyridine rings is 2. The van der Waals surface area contributed by atoms with Crippen molar-refractivity contribution in [1.29, 1.82) is 0 Å². The Bertz CT molecular complexity index is 711. The monoisotopic (exact) mass is 298 g/mol. The quantitative estimate of drug-likeness (QED) is 0.484. The number of nitrogens with zero attached hydrogens (tertiary/aromatic N) is 2. The Labute approximate surface area is 127 Å². The zero-order valence-corrected chi connectivity index (χ0v) is 11.6. The molecular weight excluding hydrogens is 284 g/mol. The Balaban J connectivity index is 2.26. The fourth-order valence-corrected chi connectivity index (χ4v) is 1.78. The van der Waals surface area contributed by atoms with Crippen molar-refractivity contribution in [2.24, 2.45) is 0 Å². The summed E-state index contributed by atoms with van der Waals surface area (Å²) >= 11 is 0. The van der Waals surface area contributed by atoms with Crippen molar-refractivity contribution in [1.82, 2.24) is 9.97 Å². The van der Waals surface area contributed by atoms with E-state index in [9.17, 15) is 4.79 Å². The highest BCUT2D eigenvalue weighted by molar-refractivity contribution is 5.85. The molecule has 0 saturated heterocycles. The molecule has 0 spiro atoms. The molecule has 6 nitrogen and oxygen atoms in total. The first-order valence-corrected chi connectivity index (χ1v) is 6.45. The number of aliphatic carboxylic acids is 1. The topological polar surface area (TPSA) is 92.5 Å². The third-order valence-electron chi connectivity index (χ3n) is 2.73. The largest absolute Gasteiger partial charge is 0.478 e. The lowest BCUT2D eigenvalue weighted by atomic mass is 10.1. The first kappa shape index (κ1) is 15.6. The second-order valence-corrected chi connectivity index (χ2v) is 4.32. The van der Waals surface area contributed by atoms with E-state index < -0.39 is 5.97 Å². The van der Waals surface area contributed by atoms with Crippen LogP contribution >= 0.6 is 0 Å². The third kappa shape index (κ3) is 4.62. The van der Waals surface area contributed by atoms with E-state index in [-0.39, 0.29) is 6.61 Å². The SMILES string of the molecule is O=C(O)/C=C/c1ccnc(-c2cc(/C=C/COO)ccn2)c1. The highest BCUT2D eigenvalue weighted by Crippen LogP contribution is 2.18. The third-order valence-corrected chi connectivity index (χ3v) is 2.73. The van der Waals surface area contributed by atoms with E-state index in [1.165, 1.54) is 6.08 Å². The average molecular weight is 298 g/mol. The van der Waals surface area contributed by atoms with Gasteiger partial charge in [-0.15, -0.1) is 0 Å². The van der Waals surface area contributed by atoms with Gasteiger partial charge in [-0.2, -0.15) is 0 Å². The minimum Gasteiger partial charge on any atom is -0.478 e. The van der Waals surface area contributed by atoms with Crippen LogP contribution in [-0.4, -0.2) is 32.9 Å². The standard InChI is InChI=1S/C16H14N2O4/c19-16(20)4-3-13-6-8-18-15(11-13)14-10-12(5-7-17-14)2-1-9-22-21/h1-8,10-11,21H,9H2,(H,19,20)/b2-1+,4-3+. The van der Waals surface area contributed by atoms with Crippen LogP contribution in [0.3, 0.4) is 0 Å². The van der Waals surface area contributed by atoms with Crippen molar-refractivity contribution in [3.05, 3.63) is 59.9 Å². The van der Waals surface area contributed by atoms with E-state index in [0.29, 0.717) is 11.4 Å². The molecule has 2 aromatic heterocycles. The van der Waals surface area contributed by atoms with Crippen molar-refractivity contribution < 1.29 is 20.0 Å². The Hall–Kier alpha value is -2.83. The summed E-state index contributed by atoms with van der Waals surface area (Å²) in [5.74, 6) is -1.00. The smallest absolute Gasteiger partial charge is 0.328 e.